The van der Waals surface area contributed by atoms with E-state index in [0.717, 1.165) is 42.0 Å². The Morgan fingerprint density at radius 1 is 1.35 bits per heavy atom. The number of halogens is 1. The number of para-hydroxylation sites is 1. The van der Waals surface area contributed by atoms with Crippen molar-refractivity contribution in [3.8, 4) is 5.69 Å². The van der Waals surface area contributed by atoms with Crippen molar-refractivity contribution in [3.63, 3.8) is 0 Å². The number of hydrogen-bond donors (Lipinski definition) is 1. The quantitative estimate of drug-likeness (QED) is 0.871. The summed E-state index contributed by atoms with van der Waals surface area (Å²) in [6, 6.07) is 8.03. The standard InChI is InChI=1S/C15H16BrN3O/c16-14-5-1-2-6-15(14)19-10-13(9-18-19)17-8-12-4-3-7-20-11-12/h1-2,4-6,9-10,17H,3,7-8,11H2. The van der Waals surface area contributed by atoms with Gasteiger partial charge in [0.25, 0.3) is 0 Å². The maximum Gasteiger partial charge on any atom is 0.0788 e. The van der Waals surface area contributed by atoms with Crippen molar-refractivity contribution in [2.24, 2.45) is 0 Å². The van der Waals surface area contributed by atoms with Gasteiger partial charge in [-0.2, -0.15) is 5.10 Å². The Morgan fingerprint density at radius 3 is 3.05 bits per heavy atom. The topological polar surface area (TPSA) is 39.1 Å². The van der Waals surface area contributed by atoms with Gasteiger partial charge >= 0.3 is 0 Å². The van der Waals surface area contributed by atoms with Gasteiger partial charge in [-0.3, -0.25) is 0 Å². The van der Waals surface area contributed by atoms with Crippen LogP contribution in [-0.2, 0) is 4.74 Å². The molecule has 104 valence electrons. The molecule has 0 fully saturated rings. The summed E-state index contributed by atoms with van der Waals surface area (Å²) < 4.78 is 8.31. The van der Waals surface area contributed by atoms with E-state index in [1.165, 1.54) is 5.57 Å². The fourth-order valence-corrected chi connectivity index (χ4v) is 2.60. The van der Waals surface area contributed by atoms with E-state index in [-0.39, 0.29) is 0 Å². The van der Waals surface area contributed by atoms with Crippen LogP contribution in [0, 0.1) is 0 Å². The van der Waals surface area contributed by atoms with Gasteiger partial charge in [-0.1, -0.05) is 18.2 Å². The van der Waals surface area contributed by atoms with Gasteiger partial charge < -0.3 is 10.1 Å². The largest absolute Gasteiger partial charge is 0.379 e. The van der Waals surface area contributed by atoms with Gasteiger partial charge in [0.2, 0.25) is 0 Å². The number of rotatable bonds is 4. The van der Waals surface area contributed by atoms with Crippen LogP contribution in [0.1, 0.15) is 6.42 Å². The van der Waals surface area contributed by atoms with Crippen LogP contribution in [0.3, 0.4) is 0 Å². The summed E-state index contributed by atoms with van der Waals surface area (Å²) in [5.41, 5.74) is 3.33. The molecule has 4 nitrogen and oxygen atoms in total. The van der Waals surface area contributed by atoms with Crippen LogP contribution in [0.2, 0.25) is 0 Å². The number of anilines is 1. The highest BCUT2D eigenvalue weighted by atomic mass is 79.9. The molecule has 0 radical (unpaired) electrons. The number of benzene rings is 1. The minimum atomic E-state index is 0.728. The van der Waals surface area contributed by atoms with E-state index in [1.807, 2.05) is 41.3 Å². The van der Waals surface area contributed by atoms with Crippen molar-refractivity contribution in [3.05, 3.63) is 52.8 Å². The van der Waals surface area contributed by atoms with E-state index in [0.29, 0.717) is 0 Å². The monoisotopic (exact) mass is 333 g/mol. The molecule has 1 aromatic heterocycles. The van der Waals surface area contributed by atoms with Gasteiger partial charge in [0.05, 0.1) is 37.0 Å². The Morgan fingerprint density at radius 2 is 2.25 bits per heavy atom. The van der Waals surface area contributed by atoms with Crippen LogP contribution in [0.5, 0.6) is 0 Å². The normalized spacial score (nSPS) is 14.9. The molecule has 1 aromatic carbocycles. The van der Waals surface area contributed by atoms with Crippen LogP contribution >= 0.6 is 15.9 Å². The van der Waals surface area contributed by atoms with Crippen molar-refractivity contribution in [2.75, 3.05) is 25.1 Å². The molecule has 2 aromatic rings. The molecule has 0 saturated heterocycles. The van der Waals surface area contributed by atoms with Crippen molar-refractivity contribution in [2.45, 2.75) is 6.42 Å². The van der Waals surface area contributed by atoms with E-state index in [2.05, 4.69) is 32.4 Å². The molecule has 1 N–H and O–H groups in total. The summed E-state index contributed by atoms with van der Waals surface area (Å²) in [5, 5.41) is 7.76. The van der Waals surface area contributed by atoms with E-state index in [4.69, 9.17) is 4.74 Å². The third-order valence-corrected chi connectivity index (χ3v) is 3.85. The molecule has 0 unspecified atom stereocenters. The highest BCUT2D eigenvalue weighted by molar-refractivity contribution is 9.10. The molecule has 0 aliphatic carbocycles. The second-order valence-electron chi connectivity index (χ2n) is 4.68. The highest BCUT2D eigenvalue weighted by Gasteiger charge is 2.06. The molecular formula is C15H16BrN3O. The molecule has 0 amide bonds. The average Bonchev–Trinajstić information content (AvgIpc) is 2.95. The zero-order valence-electron chi connectivity index (χ0n) is 11.1. The van der Waals surface area contributed by atoms with E-state index in [1.54, 1.807) is 0 Å². The van der Waals surface area contributed by atoms with E-state index < -0.39 is 0 Å². The molecule has 5 heteroatoms. The second-order valence-corrected chi connectivity index (χ2v) is 5.54. The first-order valence-corrected chi connectivity index (χ1v) is 7.41. The molecule has 1 aliphatic rings. The summed E-state index contributed by atoms with van der Waals surface area (Å²) in [5.74, 6) is 0. The predicted molar refractivity (Wildman–Crippen MR) is 83.3 cm³/mol. The minimum Gasteiger partial charge on any atom is -0.379 e. The highest BCUT2D eigenvalue weighted by Crippen LogP contribution is 2.21. The third kappa shape index (κ3) is 3.11. The summed E-state index contributed by atoms with van der Waals surface area (Å²) >= 11 is 3.54. The van der Waals surface area contributed by atoms with E-state index >= 15 is 0 Å². The first-order chi connectivity index (χ1) is 9.83. The molecule has 0 bridgehead atoms. The van der Waals surface area contributed by atoms with Gasteiger partial charge in [0, 0.05) is 11.0 Å². The second kappa shape index (κ2) is 6.24. The number of aromatic nitrogens is 2. The van der Waals surface area contributed by atoms with Crippen LogP contribution < -0.4 is 5.32 Å². The number of nitrogens with zero attached hydrogens (tertiary/aromatic N) is 2. The number of nitrogens with one attached hydrogen (secondary N) is 1. The Labute approximate surface area is 126 Å². The molecular weight excluding hydrogens is 318 g/mol. The zero-order chi connectivity index (χ0) is 13.8. The Bertz CT molecular complexity index is 621. The first-order valence-electron chi connectivity index (χ1n) is 6.62. The molecule has 0 atom stereocenters. The van der Waals surface area contributed by atoms with Crippen molar-refractivity contribution < 1.29 is 4.74 Å². The molecule has 20 heavy (non-hydrogen) atoms. The SMILES string of the molecule is Brc1ccccc1-n1cc(NCC2=CCCOC2)cn1. The van der Waals surface area contributed by atoms with Gasteiger partial charge in [-0.15, -0.1) is 0 Å². The lowest BCUT2D eigenvalue weighted by molar-refractivity contribution is 0.150. The lowest BCUT2D eigenvalue weighted by atomic mass is 10.2. The zero-order valence-corrected chi connectivity index (χ0v) is 12.6. The van der Waals surface area contributed by atoms with Crippen molar-refractivity contribution in [1.29, 1.82) is 0 Å². The fourth-order valence-electron chi connectivity index (χ4n) is 2.13. The van der Waals surface area contributed by atoms with Crippen LogP contribution in [0.25, 0.3) is 5.69 Å². The predicted octanol–water partition coefficient (Wildman–Crippen LogP) is 3.39. The molecule has 0 saturated carbocycles. The first kappa shape index (κ1) is 13.4. The molecule has 1 aliphatic heterocycles. The number of ether oxygens (including phenoxy) is 1. The van der Waals surface area contributed by atoms with Gasteiger partial charge in [0.1, 0.15) is 0 Å². The summed E-state index contributed by atoms with van der Waals surface area (Å²) in [4.78, 5) is 0. The maximum atomic E-state index is 5.43. The number of hydrogen-bond acceptors (Lipinski definition) is 3. The Hall–Kier alpha value is -1.59. The van der Waals surface area contributed by atoms with Crippen molar-refractivity contribution in [1.82, 2.24) is 9.78 Å². The molecule has 2 heterocycles. The average molecular weight is 334 g/mol. The fraction of sp³-hybridized carbons (Fsp3) is 0.267. The van der Waals surface area contributed by atoms with Crippen LogP contribution in [0.4, 0.5) is 5.69 Å². The molecule has 0 spiro atoms. The smallest absolute Gasteiger partial charge is 0.0788 e. The van der Waals surface area contributed by atoms with Gasteiger partial charge in [-0.05, 0) is 40.1 Å². The van der Waals surface area contributed by atoms with Gasteiger partial charge in [0.15, 0.2) is 0 Å². The Kier molecular flexibility index (Phi) is 4.18. The van der Waals surface area contributed by atoms with Crippen molar-refractivity contribution >= 4 is 21.6 Å². The third-order valence-electron chi connectivity index (χ3n) is 3.18. The Balaban J connectivity index is 1.68. The van der Waals surface area contributed by atoms with Crippen LogP contribution in [0.15, 0.2) is 52.8 Å². The lowest BCUT2D eigenvalue weighted by Crippen LogP contribution is -2.13. The van der Waals surface area contributed by atoms with Crippen LogP contribution in [-0.4, -0.2) is 29.5 Å². The maximum absolute atomic E-state index is 5.43. The van der Waals surface area contributed by atoms with Gasteiger partial charge in [-0.25, -0.2) is 4.68 Å². The lowest BCUT2D eigenvalue weighted by Gasteiger charge is -2.13. The summed E-state index contributed by atoms with van der Waals surface area (Å²) in [6.07, 6.45) is 7.08. The summed E-state index contributed by atoms with van der Waals surface area (Å²) in [6.45, 7) is 2.37. The van der Waals surface area contributed by atoms with E-state index in [9.17, 15) is 0 Å². The molecule has 3 rings (SSSR count). The minimum absolute atomic E-state index is 0.728. The summed E-state index contributed by atoms with van der Waals surface area (Å²) in [7, 11) is 0.